The summed E-state index contributed by atoms with van der Waals surface area (Å²) in [6, 6.07) is 14.8. The number of carbonyl (C=O) groups excluding carboxylic acids is 2. The SMILES string of the molecule is Cc1ccccc1NC(=O)CSc1nnc(N2C(N)=C(C#N)C(c3ccc(Cl)cc3Cl)C3=C2CC(C)(C)CC3=O)s1. The lowest BCUT2D eigenvalue weighted by Gasteiger charge is -2.42. The van der Waals surface area contributed by atoms with Gasteiger partial charge in [0.2, 0.25) is 11.0 Å². The molecule has 3 N–H and O–H groups in total. The summed E-state index contributed by atoms with van der Waals surface area (Å²) in [5, 5.41) is 23.0. The number of anilines is 2. The van der Waals surface area contributed by atoms with E-state index < -0.39 is 5.92 Å². The predicted octanol–water partition coefficient (Wildman–Crippen LogP) is 6.83. The molecule has 8 nitrogen and oxygen atoms in total. The predicted molar refractivity (Wildman–Crippen MR) is 164 cm³/mol. The fourth-order valence-electron chi connectivity index (χ4n) is 5.15. The normalized spacial score (nSPS) is 18.3. The second-order valence-electron chi connectivity index (χ2n) is 10.6. The van der Waals surface area contributed by atoms with Crippen molar-refractivity contribution in [2.45, 2.75) is 43.9 Å². The third-order valence-corrected chi connectivity index (χ3v) is 9.59. The summed E-state index contributed by atoms with van der Waals surface area (Å²) in [6.45, 7) is 5.97. The zero-order valence-corrected chi connectivity index (χ0v) is 25.6. The number of aryl methyl sites for hydroxylation is 1. The molecule has 2 aliphatic rings. The van der Waals surface area contributed by atoms with E-state index in [2.05, 4.69) is 21.6 Å². The molecule has 0 saturated heterocycles. The van der Waals surface area contributed by atoms with Crippen LogP contribution >= 0.6 is 46.3 Å². The van der Waals surface area contributed by atoms with Crippen LogP contribution in [0, 0.1) is 23.7 Å². The molecule has 5 rings (SSSR count). The number of carbonyl (C=O) groups is 2. The second kappa shape index (κ2) is 11.5. The van der Waals surface area contributed by atoms with Crippen molar-refractivity contribution in [3.05, 3.63) is 86.3 Å². The number of nitrogens with two attached hydrogens (primary N) is 1. The molecule has 1 aromatic heterocycles. The number of Topliss-reactive ketones (excluding diaryl/α,β-unsaturated/α-hetero) is 1. The standard InChI is InChI=1S/C29H26Cl2N6O2S2/c1-15-6-4-5-7-20(15)34-23(39)14-40-28-36-35-27(41-28)37-21-11-29(2,3)12-22(38)25(21)24(18(13-32)26(37)33)17-9-8-16(30)10-19(17)31/h4-10,24H,11-12,14,33H2,1-3H3,(H,34,39). The second-order valence-corrected chi connectivity index (χ2v) is 13.7. The Kier molecular flexibility index (Phi) is 8.17. The van der Waals surface area contributed by atoms with Crippen molar-refractivity contribution in [1.29, 1.82) is 5.26 Å². The molecule has 2 heterocycles. The Morgan fingerprint density at radius 3 is 2.71 bits per heavy atom. The Labute approximate surface area is 256 Å². The monoisotopic (exact) mass is 624 g/mol. The van der Waals surface area contributed by atoms with Crippen LogP contribution in [0.3, 0.4) is 0 Å². The van der Waals surface area contributed by atoms with Gasteiger partial charge in [0.25, 0.3) is 0 Å². The van der Waals surface area contributed by atoms with Gasteiger partial charge in [-0.3, -0.25) is 14.5 Å². The minimum atomic E-state index is -0.730. The van der Waals surface area contributed by atoms with Crippen LogP contribution < -0.4 is 16.0 Å². The number of nitrogens with one attached hydrogen (secondary N) is 1. The molecule has 0 radical (unpaired) electrons. The molecule has 2 aromatic carbocycles. The van der Waals surface area contributed by atoms with Gasteiger partial charge in [0, 0.05) is 33.4 Å². The number of amides is 1. The van der Waals surface area contributed by atoms with Gasteiger partial charge in [-0.05, 0) is 48.1 Å². The Hall–Kier alpha value is -3.36. The van der Waals surface area contributed by atoms with E-state index in [9.17, 15) is 14.9 Å². The Balaban J connectivity index is 1.49. The number of allylic oxidation sites excluding steroid dienone is 3. The first-order valence-corrected chi connectivity index (χ1v) is 15.3. The Bertz CT molecular complexity index is 1670. The summed E-state index contributed by atoms with van der Waals surface area (Å²) in [4.78, 5) is 28.0. The van der Waals surface area contributed by atoms with Gasteiger partial charge in [0.1, 0.15) is 5.82 Å². The van der Waals surface area contributed by atoms with Gasteiger partial charge in [-0.2, -0.15) is 5.26 Å². The van der Waals surface area contributed by atoms with Crippen LogP contribution in [0.25, 0.3) is 0 Å². The van der Waals surface area contributed by atoms with Crippen LogP contribution in [0.2, 0.25) is 10.0 Å². The first kappa shape index (κ1) is 29.1. The quantitative estimate of drug-likeness (QED) is 0.286. The Morgan fingerprint density at radius 1 is 1.24 bits per heavy atom. The van der Waals surface area contributed by atoms with Gasteiger partial charge in [0.15, 0.2) is 10.1 Å². The Morgan fingerprint density at radius 2 is 2.00 bits per heavy atom. The van der Waals surface area contributed by atoms with Crippen LogP contribution in [0.1, 0.15) is 43.7 Å². The van der Waals surface area contributed by atoms with Crippen LogP contribution in [0.15, 0.2) is 69.5 Å². The smallest absolute Gasteiger partial charge is 0.234 e. The van der Waals surface area contributed by atoms with Gasteiger partial charge in [-0.15, -0.1) is 10.2 Å². The van der Waals surface area contributed by atoms with Crippen molar-refractivity contribution < 1.29 is 9.59 Å². The lowest BCUT2D eigenvalue weighted by atomic mass is 9.68. The van der Waals surface area contributed by atoms with E-state index in [-0.39, 0.29) is 34.3 Å². The number of para-hydroxylation sites is 1. The minimum absolute atomic E-state index is 0.0792. The number of ketones is 1. The lowest BCUT2D eigenvalue weighted by Crippen LogP contribution is -2.42. The van der Waals surface area contributed by atoms with Gasteiger partial charge >= 0.3 is 0 Å². The third-order valence-electron chi connectivity index (χ3n) is 6.99. The van der Waals surface area contributed by atoms with Gasteiger partial charge < -0.3 is 11.1 Å². The summed E-state index contributed by atoms with van der Waals surface area (Å²) < 4.78 is 0.553. The molecule has 1 aliphatic heterocycles. The number of nitriles is 1. The first-order chi connectivity index (χ1) is 19.5. The molecule has 0 saturated carbocycles. The molecule has 0 spiro atoms. The molecular weight excluding hydrogens is 599 g/mol. The maximum absolute atomic E-state index is 13.7. The number of aromatic nitrogens is 2. The fraction of sp³-hybridized carbons (Fsp3) is 0.276. The molecule has 41 heavy (non-hydrogen) atoms. The van der Waals surface area contributed by atoms with Crippen molar-refractivity contribution in [3.63, 3.8) is 0 Å². The lowest BCUT2D eigenvalue weighted by molar-refractivity contribution is -0.118. The van der Waals surface area contributed by atoms with Crippen molar-refractivity contribution in [1.82, 2.24) is 10.2 Å². The van der Waals surface area contributed by atoms with Gasteiger partial charge in [-0.25, -0.2) is 0 Å². The zero-order valence-electron chi connectivity index (χ0n) is 22.5. The van der Waals surface area contributed by atoms with E-state index in [1.165, 1.54) is 23.1 Å². The van der Waals surface area contributed by atoms with Crippen molar-refractivity contribution in [3.8, 4) is 6.07 Å². The minimum Gasteiger partial charge on any atom is -0.384 e. The number of rotatable bonds is 6. The van der Waals surface area contributed by atoms with Crippen molar-refractivity contribution in [2.75, 3.05) is 16.0 Å². The van der Waals surface area contributed by atoms with Crippen LogP contribution in [0.4, 0.5) is 10.8 Å². The summed E-state index contributed by atoms with van der Waals surface area (Å²) in [6.07, 6.45) is 0.837. The highest BCUT2D eigenvalue weighted by molar-refractivity contribution is 8.01. The summed E-state index contributed by atoms with van der Waals surface area (Å²) in [7, 11) is 0. The zero-order chi connectivity index (χ0) is 29.5. The van der Waals surface area contributed by atoms with Crippen LogP contribution in [-0.2, 0) is 9.59 Å². The molecule has 3 aromatic rings. The number of nitrogens with zero attached hydrogens (tertiary/aromatic N) is 4. The highest BCUT2D eigenvalue weighted by Crippen LogP contribution is 2.51. The average Bonchev–Trinajstić information content (AvgIpc) is 3.36. The molecule has 1 amide bonds. The number of halogens is 2. The summed E-state index contributed by atoms with van der Waals surface area (Å²) >= 11 is 15.2. The van der Waals surface area contributed by atoms with E-state index in [4.69, 9.17) is 28.9 Å². The molecule has 1 unspecified atom stereocenters. The molecule has 0 bridgehead atoms. The maximum Gasteiger partial charge on any atom is 0.234 e. The molecule has 1 aliphatic carbocycles. The van der Waals surface area contributed by atoms with Crippen LogP contribution in [-0.4, -0.2) is 27.6 Å². The van der Waals surface area contributed by atoms with E-state index in [1.54, 1.807) is 23.1 Å². The number of benzene rings is 2. The van der Waals surface area contributed by atoms with E-state index in [0.29, 0.717) is 49.2 Å². The molecular formula is C29H26Cl2N6O2S2. The highest BCUT2D eigenvalue weighted by atomic mass is 35.5. The number of hydrogen-bond donors (Lipinski definition) is 2. The molecule has 210 valence electrons. The first-order valence-electron chi connectivity index (χ1n) is 12.7. The topological polar surface area (TPSA) is 125 Å². The maximum atomic E-state index is 13.7. The van der Waals surface area contributed by atoms with Crippen LogP contribution in [0.5, 0.6) is 0 Å². The van der Waals surface area contributed by atoms with Gasteiger partial charge in [-0.1, -0.05) is 84.4 Å². The van der Waals surface area contributed by atoms with E-state index >= 15 is 0 Å². The highest BCUT2D eigenvalue weighted by Gasteiger charge is 2.46. The summed E-state index contributed by atoms with van der Waals surface area (Å²) in [5.74, 6) is -0.680. The largest absolute Gasteiger partial charge is 0.384 e. The average molecular weight is 626 g/mol. The van der Waals surface area contributed by atoms with Gasteiger partial charge in [0.05, 0.1) is 23.3 Å². The summed E-state index contributed by atoms with van der Waals surface area (Å²) in [5.41, 5.74) is 9.99. The fourth-order valence-corrected chi connectivity index (χ4v) is 7.35. The number of hydrogen-bond acceptors (Lipinski definition) is 9. The molecule has 1 atom stereocenters. The number of thioether (sulfide) groups is 1. The van der Waals surface area contributed by atoms with E-state index in [0.717, 1.165) is 11.3 Å². The van der Waals surface area contributed by atoms with Crippen molar-refractivity contribution in [2.24, 2.45) is 11.1 Å². The van der Waals surface area contributed by atoms with Crippen molar-refractivity contribution >= 4 is 68.8 Å². The molecule has 0 fully saturated rings. The van der Waals surface area contributed by atoms with E-state index in [1.807, 2.05) is 45.0 Å². The molecule has 12 heteroatoms. The third kappa shape index (κ3) is 5.86.